The Labute approximate surface area is 130 Å². The van der Waals surface area contributed by atoms with Gasteiger partial charge in [0.2, 0.25) is 5.91 Å². The molecule has 0 saturated carbocycles. The third kappa shape index (κ3) is 4.03. The number of carboxylic acids is 1. The van der Waals surface area contributed by atoms with Crippen LogP contribution >= 0.6 is 0 Å². The van der Waals surface area contributed by atoms with Gasteiger partial charge in [0.05, 0.1) is 11.3 Å². The molecule has 0 aliphatic heterocycles. The molecule has 2 aromatic carbocycles. The average molecular weight is 316 g/mol. The first kappa shape index (κ1) is 16.0. The number of hydrogen-bond acceptors (Lipinski definition) is 5. The number of benzene rings is 2. The number of aromatic carboxylic acids is 1. The van der Waals surface area contributed by atoms with Crippen molar-refractivity contribution < 1.29 is 24.7 Å². The molecule has 2 rings (SSSR count). The number of phenols is 1. The van der Waals surface area contributed by atoms with Crippen molar-refractivity contribution in [1.82, 2.24) is 0 Å². The van der Waals surface area contributed by atoms with Gasteiger partial charge in [-0.05, 0) is 17.7 Å². The molecule has 0 aromatic heterocycles. The van der Waals surface area contributed by atoms with Crippen LogP contribution in [0.4, 0.5) is 11.4 Å². The maximum Gasteiger partial charge on any atom is 0.339 e. The Kier molecular flexibility index (Phi) is 4.55. The van der Waals surface area contributed by atoms with Gasteiger partial charge in [0.25, 0.3) is 5.69 Å². The van der Waals surface area contributed by atoms with Crippen LogP contribution in [0.3, 0.4) is 0 Å². The van der Waals surface area contributed by atoms with E-state index >= 15 is 0 Å². The number of nitro benzene ring substituents is 1. The first-order valence-corrected chi connectivity index (χ1v) is 6.46. The molecule has 1 amide bonds. The second-order valence-corrected chi connectivity index (χ2v) is 4.69. The second kappa shape index (κ2) is 6.56. The van der Waals surface area contributed by atoms with Crippen LogP contribution in [0.1, 0.15) is 15.9 Å². The summed E-state index contributed by atoms with van der Waals surface area (Å²) in [7, 11) is 0. The lowest BCUT2D eigenvalue weighted by molar-refractivity contribution is -0.384. The Morgan fingerprint density at radius 2 is 1.78 bits per heavy atom. The standard InChI is InChI=1S/C15H12N2O6/c18-13-8-10(3-6-12(13)15(20)21)16-14(19)7-9-1-4-11(5-2-9)17(22)23/h1-6,8,18H,7H2,(H,16,19)(H,20,21). The van der Waals surface area contributed by atoms with Crippen molar-refractivity contribution in [2.45, 2.75) is 6.42 Å². The number of rotatable bonds is 5. The number of non-ortho nitro benzene ring substituents is 1. The third-order valence-corrected chi connectivity index (χ3v) is 3.02. The van der Waals surface area contributed by atoms with Gasteiger partial charge in [-0.2, -0.15) is 0 Å². The highest BCUT2D eigenvalue weighted by atomic mass is 16.6. The van der Waals surface area contributed by atoms with E-state index in [9.17, 15) is 24.8 Å². The van der Waals surface area contributed by atoms with Gasteiger partial charge in [-0.1, -0.05) is 12.1 Å². The molecule has 0 bridgehead atoms. The van der Waals surface area contributed by atoms with E-state index in [0.29, 0.717) is 5.56 Å². The number of amides is 1. The van der Waals surface area contributed by atoms with Gasteiger partial charge in [-0.15, -0.1) is 0 Å². The van der Waals surface area contributed by atoms with Gasteiger partial charge in [0.15, 0.2) is 0 Å². The molecular weight excluding hydrogens is 304 g/mol. The van der Waals surface area contributed by atoms with Crippen LogP contribution in [0.25, 0.3) is 0 Å². The summed E-state index contributed by atoms with van der Waals surface area (Å²) in [6.07, 6.45) is -0.0144. The minimum atomic E-state index is -1.27. The summed E-state index contributed by atoms with van der Waals surface area (Å²) in [5.41, 5.74) is 0.501. The number of carbonyl (C=O) groups is 2. The predicted molar refractivity (Wildman–Crippen MR) is 80.5 cm³/mol. The van der Waals surface area contributed by atoms with E-state index < -0.39 is 22.5 Å². The zero-order chi connectivity index (χ0) is 17.0. The SMILES string of the molecule is O=C(Cc1ccc([N+](=O)[O-])cc1)Nc1ccc(C(=O)O)c(O)c1. The van der Waals surface area contributed by atoms with E-state index in [4.69, 9.17) is 5.11 Å². The number of nitrogens with zero attached hydrogens (tertiary/aromatic N) is 1. The topological polar surface area (TPSA) is 130 Å². The molecule has 0 heterocycles. The summed E-state index contributed by atoms with van der Waals surface area (Å²) in [6, 6.07) is 9.23. The van der Waals surface area contributed by atoms with Gasteiger partial charge >= 0.3 is 5.97 Å². The summed E-state index contributed by atoms with van der Waals surface area (Å²) in [5, 5.41) is 31.4. The van der Waals surface area contributed by atoms with E-state index in [2.05, 4.69) is 5.32 Å². The molecule has 118 valence electrons. The number of aromatic hydroxyl groups is 1. The van der Waals surface area contributed by atoms with Gasteiger partial charge in [-0.3, -0.25) is 14.9 Å². The molecule has 3 N–H and O–H groups in total. The third-order valence-electron chi connectivity index (χ3n) is 3.02. The van der Waals surface area contributed by atoms with Crippen molar-refractivity contribution in [2.75, 3.05) is 5.32 Å². The number of nitro groups is 1. The highest BCUT2D eigenvalue weighted by Crippen LogP contribution is 2.22. The molecule has 0 aliphatic rings. The van der Waals surface area contributed by atoms with Crippen LogP contribution in [0.15, 0.2) is 42.5 Å². The van der Waals surface area contributed by atoms with Crippen molar-refractivity contribution >= 4 is 23.3 Å². The first-order chi connectivity index (χ1) is 10.9. The first-order valence-electron chi connectivity index (χ1n) is 6.46. The Balaban J connectivity index is 2.03. The molecule has 8 nitrogen and oxygen atoms in total. The minimum Gasteiger partial charge on any atom is -0.507 e. The quantitative estimate of drug-likeness (QED) is 0.572. The number of nitrogens with one attached hydrogen (secondary N) is 1. The van der Waals surface area contributed by atoms with Crippen LogP contribution in [0.5, 0.6) is 5.75 Å². The maximum atomic E-state index is 11.9. The van der Waals surface area contributed by atoms with Crippen molar-refractivity contribution in [3.63, 3.8) is 0 Å². The summed E-state index contributed by atoms with van der Waals surface area (Å²) in [6.45, 7) is 0. The van der Waals surface area contributed by atoms with Crippen LogP contribution in [0, 0.1) is 10.1 Å². The molecule has 0 spiro atoms. The number of hydrogen-bond donors (Lipinski definition) is 3. The zero-order valence-electron chi connectivity index (χ0n) is 11.7. The molecule has 23 heavy (non-hydrogen) atoms. The number of carbonyl (C=O) groups excluding carboxylic acids is 1. The monoisotopic (exact) mass is 316 g/mol. The van der Waals surface area contributed by atoms with Crippen LogP contribution in [0.2, 0.25) is 0 Å². The van der Waals surface area contributed by atoms with E-state index in [1.807, 2.05) is 0 Å². The Bertz CT molecular complexity index is 770. The van der Waals surface area contributed by atoms with Crippen molar-refractivity contribution in [3.8, 4) is 5.75 Å². The van der Waals surface area contributed by atoms with Crippen molar-refractivity contribution in [2.24, 2.45) is 0 Å². The Hall–Kier alpha value is -3.42. The van der Waals surface area contributed by atoms with Crippen LogP contribution in [-0.2, 0) is 11.2 Å². The summed E-state index contributed by atoms with van der Waals surface area (Å²) in [5.74, 6) is -2.13. The molecule has 8 heteroatoms. The van der Waals surface area contributed by atoms with Crippen LogP contribution in [-0.4, -0.2) is 27.0 Å². The summed E-state index contributed by atoms with van der Waals surface area (Å²) < 4.78 is 0. The number of carboxylic acid groups (broad SMARTS) is 1. The normalized spacial score (nSPS) is 10.1. The fraction of sp³-hybridized carbons (Fsp3) is 0.0667. The lowest BCUT2D eigenvalue weighted by atomic mass is 10.1. The zero-order valence-corrected chi connectivity index (χ0v) is 11.7. The van der Waals surface area contributed by atoms with E-state index in [1.54, 1.807) is 0 Å². The number of anilines is 1. The predicted octanol–water partition coefficient (Wildman–Crippen LogP) is 2.18. The average Bonchev–Trinajstić information content (AvgIpc) is 2.47. The fourth-order valence-electron chi connectivity index (χ4n) is 1.92. The Morgan fingerprint density at radius 3 is 2.30 bits per heavy atom. The minimum absolute atomic E-state index is 0.0144. The van der Waals surface area contributed by atoms with Crippen molar-refractivity contribution in [3.05, 3.63) is 63.7 Å². The molecule has 0 unspecified atom stereocenters. The second-order valence-electron chi connectivity index (χ2n) is 4.69. The molecule has 0 aliphatic carbocycles. The smallest absolute Gasteiger partial charge is 0.339 e. The lowest BCUT2D eigenvalue weighted by Crippen LogP contribution is -2.14. The highest BCUT2D eigenvalue weighted by molar-refractivity contribution is 5.95. The molecule has 2 aromatic rings. The molecule has 0 atom stereocenters. The van der Waals surface area contributed by atoms with E-state index in [-0.39, 0.29) is 23.4 Å². The van der Waals surface area contributed by atoms with Gasteiger partial charge < -0.3 is 15.5 Å². The lowest BCUT2D eigenvalue weighted by Gasteiger charge is -2.07. The highest BCUT2D eigenvalue weighted by Gasteiger charge is 2.12. The largest absolute Gasteiger partial charge is 0.507 e. The van der Waals surface area contributed by atoms with E-state index in [1.165, 1.54) is 36.4 Å². The molecular formula is C15H12N2O6. The molecule has 0 saturated heterocycles. The van der Waals surface area contributed by atoms with Gasteiger partial charge in [-0.25, -0.2) is 4.79 Å². The maximum absolute atomic E-state index is 11.9. The van der Waals surface area contributed by atoms with Gasteiger partial charge in [0, 0.05) is 23.9 Å². The summed E-state index contributed by atoms with van der Waals surface area (Å²) in [4.78, 5) is 32.7. The van der Waals surface area contributed by atoms with Crippen molar-refractivity contribution in [1.29, 1.82) is 0 Å². The van der Waals surface area contributed by atoms with E-state index in [0.717, 1.165) is 6.07 Å². The summed E-state index contributed by atoms with van der Waals surface area (Å²) >= 11 is 0. The molecule has 0 fully saturated rings. The van der Waals surface area contributed by atoms with Crippen LogP contribution < -0.4 is 5.32 Å². The fourth-order valence-corrected chi connectivity index (χ4v) is 1.92. The molecule has 0 radical (unpaired) electrons. The Morgan fingerprint density at radius 1 is 1.13 bits per heavy atom. The van der Waals surface area contributed by atoms with Gasteiger partial charge in [0.1, 0.15) is 11.3 Å².